The maximum Gasteiger partial charge on any atom is 0.155 e. The van der Waals surface area contributed by atoms with Crippen molar-refractivity contribution in [2.75, 3.05) is 20.1 Å². The van der Waals surface area contributed by atoms with Crippen molar-refractivity contribution in [3.63, 3.8) is 0 Å². The predicted octanol–water partition coefficient (Wildman–Crippen LogP) is 2.89. The van der Waals surface area contributed by atoms with Crippen molar-refractivity contribution < 1.29 is 0 Å². The number of nitrogens with zero attached hydrogens (tertiary/aromatic N) is 7. The smallest absolute Gasteiger partial charge is 0.155 e. The summed E-state index contributed by atoms with van der Waals surface area (Å²) in [4.78, 5) is 7.42. The Labute approximate surface area is 170 Å². The molecule has 0 amide bonds. The van der Waals surface area contributed by atoms with Gasteiger partial charge in [-0.3, -0.25) is 4.68 Å². The van der Waals surface area contributed by atoms with Gasteiger partial charge in [-0.25, -0.2) is 9.67 Å². The standard InChI is InChI=1S/C22H27N7/c1-26-10-6-7-16(13-26)22-24-21(29(25-22)18-12-23-28(3)15-18)11-17-14-27(2)20-9-5-4-8-19(17)20/h4-5,8-9,12,14-16H,6-7,10-11,13H2,1-3H3. The molecule has 1 saturated heterocycles. The fourth-order valence-corrected chi connectivity index (χ4v) is 4.49. The largest absolute Gasteiger partial charge is 0.350 e. The molecule has 0 radical (unpaired) electrons. The van der Waals surface area contributed by atoms with E-state index in [1.807, 2.05) is 28.8 Å². The minimum atomic E-state index is 0.387. The summed E-state index contributed by atoms with van der Waals surface area (Å²) in [6, 6.07) is 8.53. The molecule has 1 aliphatic heterocycles. The molecule has 1 aromatic carbocycles. The summed E-state index contributed by atoms with van der Waals surface area (Å²) in [6.45, 7) is 2.17. The molecule has 4 aromatic rings. The highest BCUT2D eigenvalue weighted by Crippen LogP contribution is 2.27. The average molecular weight is 390 g/mol. The van der Waals surface area contributed by atoms with E-state index in [0.29, 0.717) is 5.92 Å². The summed E-state index contributed by atoms with van der Waals surface area (Å²) >= 11 is 0. The molecule has 150 valence electrons. The van der Waals surface area contributed by atoms with Gasteiger partial charge in [0, 0.05) is 50.1 Å². The van der Waals surface area contributed by atoms with E-state index in [9.17, 15) is 0 Å². The second-order valence-corrected chi connectivity index (χ2v) is 8.23. The molecule has 1 atom stereocenters. The van der Waals surface area contributed by atoms with E-state index in [0.717, 1.165) is 43.3 Å². The Kier molecular flexibility index (Phi) is 4.47. The number of aromatic nitrogens is 6. The van der Waals surface area contributed by atoms with E-state index >= 15 is 0 Å². The number of aryl methyl sites for hydroxylation is 2. The van der Waals surface area contributed by atoms with Gasteiger partial charge in [0.05, 0.1) is 12.4 Å². The maximum absolute atomic E-state index is 5.04. The fourth-order valence-electron chi connectivity index (χ4n) is 4.49. The summed E-state index contributed by atoms with van der Waals surface area (Å²) < 4.78 is 5.98. The second-order valence-electron chi connectivity index (χ2n) is 8.23. The molecule has 1 unspecified atom stereocenters. The summed E-state index contributed by atoms with van der Waals surface area (Å²) in [5.74, 6) is 2.31. The maximum atomic E-state index is 5.04. The number of rotatable bonds is 4. The number of hydrogen-bond acceptors (Lipinski definition) is 4. The van der Waals surface area contributed by atoms with E-state index in [1.54, 1.807) is 0 Å². The summed E-state index contributed by atoms with van der Waals surface area (Å²) in [5, 5.41) is 10.6. The molecule has 4 heterocycles. The minimum Gasteiger partial charge on any atom is -0.350 e. The van der Waals surface area contributed by atoms with Gasteiger partial charge in [0.2, 0.25) is 0 Å². The molecule has 1 aliphatic rings. The third-order valence-corrected chi connectivity index (χ3v) is 5.94. The van der Waals surface area contributed by atoms with Gasteiger partial charge < -0.3 is 9.47 Å². The van der Waals surface area contributed by atoms with Crippen LogP contribution in [0, 0.1) is 0 Å². The molecule has 0 bridgehead atoms. The number of likely N-dealkylation sites (N-methyl/N-ethyl adjacent to an activating group) is 1. The molecule has 5 rings (SSSR count). The number of benzene rings is 1. The molecular formula is C22H27N7. The number of fused-ring (bicyclic) bond motifs is 1. The summed E-state index contributed by atoms with van der Waals surface area (Å²) in [7, 11) is 6.21. The minimum absolute atomic E-state index is 0.387. The third-order valence-electron chi connectivity index (χ3n) is 5.94. The number of piperidine rings is 1. The monoisotopic (exact) mass is 389 g/mol. The molecule has 0 aliphatic carbocycles. The van der Waals surface area contributed by atoms with Crippen LogP contribution in [0.3, 0.4) is 0 Å². The van der Waals surface area contributed by atoms with Gasteiger partial charge in [0.15, 0.2) is 5.82 Å². The lowest BCUT2D eigenvalue weighted by Crippen LogP contribution is -2.31. The molecule has 3 aromatic heterocycles. The first-order valence-corrected chi connectivity index (χ1v) is 10.2. The quantitative estimate of drug-likeness (QED) is 0.539. The van der Waals surface area contributed by atoms with E-state index in [1.165, 1.54) is 22.9 Å². The van der Waals surface area contributed by atoms with Gasteiger partial charge in [-0.2, -0.15) is 10.2 Å². The van der Waals surface area contributed by atoms with Crippen LogP contribution in [0.1, 0.15) is 36.0 Å². The van der Waals surface area contributed by atoms with Crippen LogP contribution in [0.4, 0.5) is 0 Å². The van der Waals surface area contributed by atoms with Crippen LogP contribution in [-0.4, -0.2) is 54.1 Å². The van der Waals surface area contributed by atoms with Gasteiger partial charge >= 0.3 is 0 Å². The average Bonchev–Trinajstić information content (AvgIpc) is 3.41. The van der Waals surface area contributed by atoms with Gasteiger partial charge in [0.1, 0.15) is 11.5 Å². The zero-order valence-corrected chi connectivity index (χ0v) is 17.3. The van der Waals surface area contributed by atoms with Crippen LogP contribution in [0.25, 0.3) is 16.6 Å². The van der Waals surface area contributed by atoms with E-state index in [-0.39, 0.29) is 0 Å². The molecule has 0 spiro atoms. The number of hydrogen-bond donors (Lipinski definition) is 0. The first kappa shape index (κ1) is 18.1. The normalized spacial score (nSPS) is 18.0. The third kappa shape index (κ3) is 3.35. The Morgan fingerprint density at radius 2 is 1.97 bits per heavy atom. The van der Waals surface area contributed by atoms with E-state index in [2.05, 4.69) is 59.1 Å². The lowest BCUT2D eigenvalue weighted by atomic mass is 9.98. The number of likely N-dealkylation sites (tertiary alicyclic amines) is 1. The predicted molar refractivity (Wildman–Crippen MR) is 113 cm³/mol. The van der Waals surface area contributed by atoms with Crippen LogP contribution in [0.5, 0.6) is 0 Å². The molecule has 7 heteroatoms. The second kappa shape index (κ2) is 7.15. The molecule has 29 heavy (non-hydrogen) atoms. The first-order valence-electron chi connectivity index (χ1n) is 10.2. The van der Waals surface area contributed by atoms with Crippen molar-refractivity contribution in [2.45, 2.75) is 25.2 Å². The van der Waals surface area contributed by atoms with Crippen LogP contribution in [-0.2, 0) is 20.5 Å². The van der Waals surface area contributed by atoms with Gasteiger partial charge in [0.25, 0.3) is 0 Å². The lowest BCUT2D eigenvalue weighted by molar-refractivity contribution is 0.246. The first-order chi connectivity index (χ1) is 14.1. The highest BCUT2D eigenvalue weighted by molar-refractivity contribution is 5.84. The van der Waals surface area contributed by atoms with Gasteiger partial charge in [-0.15, -0.1) is 0 Å². The Morgan fingerprint density at radius 1 is 1.10 bits per heavy atom. The van der Waals surface area contributed by atoms with Crippen LogP contribution in [0.2, 0.25) is 0 Å². The molecule has 0 N–H and O–H groups in total. The van der Waals surface area contributed by atoms with Crippen LogP contribution < -0.4 is 0 Å². The molecule has 7 nitrogen and oxygen atoms in total. The van der Waals surface area contributed by atoms with Crippen LogP contribution in [0.15, 0.2) is 42.9 Å². The summed E-state index contributed by atoms with van der Waals surface area (Å²) in [5.41, 5.74) is 3.47. The van der Waals surface area contributed by atoms with E-state index in [4.69, 9.17) is 10.1 Å². The fraction of sp³-hybridized carbons (Fsp3) is 0.409. The van der Waals surface area contributed by atoms with Crippen molar-refractivity contribution in [2.24, 2.45) is 14.1 Å². The Morgan fingerprint density at radius 3 is 2.76 bits per heavy atom. The number of para-hydroxylation sites is 1. The Bertz CT molecular complexity index is 1150. The van der Waals surface area contributed by atoms with Crippen molar-refractivity contribution in [3.8, 4) is 5.69 Å². The van der Waals surface area contributed by atoms with Gasteiger partial charge in [-0.1, -0.05) is 18.2 Å². The zero-order valence-electron chi connectivity index (χ0n) is 17.3. The molecule has 1 fully saturated rings. The van der Waals surface area contributed by atoms with Crippen molar-refractivity contribution in [1.82, 2.24) is 34.0 Å². The van der Waals surface area contributed by atoms with Gasteiger partial charge in [-0.05, 0) is 38.1 Å². The van der Waals surface area contributed by atoms with Crippen LogP contribution >= 0.6 is 0 Å². The Balaban J connectivity index is 1.57. The highest BCUT2D eigenvalue weighted by Gasteiger charge is 2.25. The van der Waals surface area contributed by atoms with E-state index < -0.39 is 0 Å². The topological polar surface area (TPSA) is 56.7 Å². The Hall–Kier alpha value is -2.93. The highest BCUT2D eigenvalue weighted by atomic mass is 15.4. The molecule has 0 saturated carbocycles. The lowest BCUT2D eigenvalue weighted by Gasteiger charge is -2.27. The van der Waals surface area contributed by atoms with Crippen molar-refractivity contribution in [1.29, 1.82) is 0 Å². The summed E-state index contributed by atoms with van der Waals surface area (Å²) in [6.07, 6.45) is 9.15. The van der Waals surface area contributed by atoms with Crippen molar-refractivity contribution in [3.05, 3.63) is 60.1 Å². The zero-order chi connectivity index (χ0) is 20.0. The van der Waals surface area contributed by atoms with Crippen molar-refractivity contribution >= 4 is 10.9 Å². The SMILES string of the molecule is CN1CCCC(c2nc(Cc3cn(C)c4ccccc34)n(-c3cnn(C)c3)n2)C1. The molecular weight excluding hydrogens is 362 g/mol.